The van der Waals surface area contributed by atoms with Crippen LogP contribution in [0.3, 0.4) is 0 Å². The van der Waals surface area contributed by atoms with Crippen molar-refractivity contribution in [2.75, 3.05) is 0 Å². The zero-order valence-electron chi connectivity index (χ0n) is 11.3. The van der Waals surface area contributed by atoms with E-state index in [2.05, 4.69) is 9.97 Å². The summed E-state index contributed by atoms with van der Waals surface area (Å²) in [6.45, 7) is 2.83. The van der Waals surface area contributed by atoms with E-state index in [-0.39, 0.29) is 26.2 Å². The maximum absolute atomic E-state index is 12.8. The van der Waals surface area contributed by atoms with E-state index in [0.717, 1.165) is 29.1 Å². The van der Waals surface area contributed by atoms with Gasteiger partial charge in [0.05, 0.1) is 10.0 Å². The van der Waals surface area contributed by atoms with Crippen LogP contribution in [0.4, 0.5) is 26.3 Å². The average Bonchev–Trinajstić information content (AvgIpc) is 2.88. The zero-order chi connectivity index (χ0) is 16.7. The van der Waals surface area contributed by atoms with Gasteiger partial charge in [-0.2, -0.15) is 26.3 Å². The second-order valence-corrected chi connectivity index (χ2v) is 6.88. The van der Waals surface area contributed by atoms with Crippen molar-refractivity contribution in [3.05, 3.63) is 37.6 Å². The second kappa shape index (κ2) is 5.80. The van der Waals surface area contributed by atoms with Gasteiger partial charge >= 0.3 is 12.4 Å². The van der Waals surface area contributed by atoms with E-state index < -0.39 is 23.7 Å². The first kappa shape index (κ1) is 17.2. The van der Waals surface area contributed by atoms with E-state index in [1.54, 1.807) is 0 Å². The van der Waals surface area contributed by atoms with Gasteiger partial charge < -0.3 is 0 Å². The molecule has 0 aromatic carbocycles. The molecule has 0 amide bonds. The van der Waals surface area contributed by atoms with E-state index in [0.29, 0.717) is 0 Å². The lowest BCUT2D eigenvalue weighted by Crippen LogP contribution is -2.10. The van der Waals surface area contributed by atoms with Gasteiger partial charge in [0.2, 0.25) is 0 Å². The zero-order valence-corrected chi connectivity index (χ0v) is 12.9. The smallest absolute Gasteiger partial charge is 0.237 e. The predicted octanol–water partition coefficient (Wildman–Crippen LogP) is 5.05. The van der Waals surface area contributed by atoms with Crippen molar-refractivity contribution in [1.29, 1.82) is 0 Å². The molecule has 0 fully saturated rings. The van der Waals surface area contributed by atoms with Crippen LogP contribution >= 0.6 is 22.7 Å². The molecule has 0 spiro atoms. The number of thiazole rings is 2. The van der Waals surface area contributed by atoms with Gasteiger partial charge in [0.25, 0.3) is 0 Å². The topological polar surface area (TPSA) is 25.8 Å². The molecule has 0 unspecified atom stereocenters. The number of hydrogen-bond acceptors (Lipinski definition) is 4. The van der Waals surface area contributed by atoms with Crippen LogP contribution in [-0.2, 0) is 18.8 Å². The Morgan fingerprint density at radius 1 is 0.864 bits per heavy atom. The number of nitrogens with zero attached hydrogens (tertiary/aromatic N) is 2. The third kappa shape index (κ3) is 3.78. The summed E-state index contributed by atoms with van der Waals surface area (Å²) in [6.07, 6.45) is -8.40. The molecule has 0 aliphatic rings. The molecule has 0 bridgehead atoms. The number of hydrogen-bond donors (Lipinski definition) is 0. The van der Waals surface area contributed by atoms with Gasteiger partial charge in [-0.15, -0.1) is 22.7 Å². The summed E-state index contributed by atoms with van der Waals surface area (Å²) in [5.41, 5.74) is -2.11. The highest BCUT2D eigenvalue weighted by molar-refractivity contribution is 7.12. The third-order valence-corrected chi connectivity index (χ3v) is 4.53. The monoisotopic (exact) mass is 359 g/mol. The number of halogens is 6. The molecule has 0 saturated heterocycles. The van der Waals surface area contributed by atoms with Crippen LogP contribution in [0.15, 0.2) is 0 Å². The minimum Gasteiger partial charge on any atom is -0.237 e. The Morgan fingerprint density at radius 2 is 1.36 bits per heavy atom. The average molecular weight is 359 g/mol. The number of aryl methyl sites for hydroxylation is 2. The molecule has 2 aromatic heterocycles. The van der Waals surface area contributed by atoms with E-state index >= 15 is 0 Å². The van der Waals surface area contributed by atoms with Crippen molar-refractivity contribution >= 4 is 22.7 Å². The van der Waals surface area contributed by atoms with Gasteiger partial charge in [-0.05, 0) is 20.3 Å². The van der Waals surface area contributed by atoms with Crippen LogP contribution in [0.1, 0.15) is 31.2 Å². The van der Waals surface area contributed by atoms with Gasteiger partial charge in [-0.25, -0.2) is 9.97 Å². The Labute approximate surface area is 129 Å². The molecule has 2 nitrogen and oxygen atoms in total. The van der Waals surface area contributed by atoms with Crippen molar-refractivity contribution in [3.8, 4) is 0 Å². The Balaban J connectivity index is 2.25. The molecular formula is C12H9F6N2S2. The molecule has 0 aliphatic carbocycles. The summed E-state index contributed by atoms with van der Waals surface area (Å²) in [5.74, 6) is 0. The lowest BCUT2D eigenvalue weighted by molar-refractivity contribution is -0.142. The Morgan fingerprint density at radius 3 is 1.91 bits per heavy atom. The quantitative estimate of drug-likeness (QED) is 0.717. The molecule has 1 radical (unpaired) electrons. The standard InChI is InChI=1S/C12H9F6N2S2/c1-5-19-9(11(13,14)15)7(21-5)3-4-8-10(12(16,17)18)20-6(2)22-8/h3H,4H2,1-2H3. The Bertz CT molecular complexity index is 610. The van der Waals surface area contributed by atoms with Crippen LogP contribution in [-0.4, -0.2) is 9.97 Å². The highest BCUT2D eigenvalue weighted by Crippen LogP contribution is 2.38. The third-order valence-electron chi connectivity index (χ3n) is 2.57. The molecular weight excluding hydrogens is 350 g/mol. The summed E-state index contributed by atoms with van der Waals surface area (Å²) in [5, 5.41) is 0.419. The minimum atomic E-state index is -4.63. The summed E-state index contributed by atoms with van der Waals surface area (Å²) in [4.78, 5) is 6.52. The second-order valence-electron chi connectivity index (χ2n) is 4.35. The molecule has 10 heteroatoms. The lowest BCUT2D eigenvalue weighted by Gasteiger charge is -2.07. The van der Waals surface area contributed by atoms with Crippen molar-refractivity contribution in [2.24, 2.45) is 0 Å². The summed E-state index contributed by atoms with van der Waals surface area (Å²) in [7, 11) is 0. The summed E-state index contributed by atoms with van der Waals surface area (Å²) < 4.78 is 76.8. The van der Waals surface area contributed by atoms with Crippen LogP contribution in [0.5, 0.6) is 0 Å². The Hall–Kier alpha value is -1.16. The molecule has 0 saturated carbocycles. The number of aromatic nitrogens is 2. The molecule has 2 rings (SSSR count). The fourth-order valence-electron chi connectivity index (χ4n) is 1.80. The van der Waals surface area contributed by atoms with Crippen LogP contribution < -0.4 is 0 Å². The molecule has 0 N–H and O–H groups in total. The van der Waals surface area contributed by atoms with Gasteiger partial charge in [0.15, 0.2) is 11.4 Å². The molecule has 22 heavy (non-hydrogen) atoms. The highest BCUT2D eigenvalue weighted by atomic mass is 32.1. The normalized spacial score (nSPS) is 12.9. The first-order valence-corrected chi connectivity index (χ1v) is 7.53. The highest BCUT2D eigenvalue weighted by Gasteiger charge is 2.39. The maximum Gasteiger partial charge on any atom is 0.434 e. The van der Waals surface area contributed by atoms with E-state index in [1.165, 1.54) is 13.8 Å². The molecule has 2 heterocycles. The predicted molar refractivity (Wildman–Crippen MR) is 70.8 cm³/mol. The van der Waals surface area contributed by atoms with Gasteiger partial charge in [-0.3, -0.25) is 0 Å². The molecule has 0 aliphatic heterocycles. The summed E-state index contributed by atoms with van der Waals surface area (Å²) >= 11 is 1.62. The van der Waals surface area contributed by atoms with Crippen molar-refractivity contribution in [3.63, 3.8) is 0 Å². The number of alkyl halides is 6. The van der Waals surface area contributed by atoms with Gasteiger partial charge in [0.1, 0.15) is 0 Å². The summed E-state index contributed by atoms with van der Waals surface area (Å²) in [6, 6.07) is 0. The van der Waals surface area contributed by atoms with Crippen LogP contribution in [0, 0.1) is 20.3 Å². The van der Waals surface area contributed by atoms with Crippen LogP contribution in [0.25, 0.3) is 0 Å². The maximum atomic E-state index is 12.8. The molecule has 0 atom stereocenters. The Kier molecular flexibility index (Phi) is 4.54. The largest absolute Gasteiger partial charge is 0.434 e. The molecule has 121 valence electrons. The van der Waals surface area contributed by atoms with Gasteiger partial charge in [-0.1, -0.05) is 0 Å². The first-order chi connectivity index (χ1) is 9.98. The fourth-order valence-corrected chi connectivity index (χ4v) is 3.60. The van der Waals surface area contributed by atoms with Crippen molar-refractivity contribution in [2.45, 2.75) is 32.6 Å². The van der Waals surface area contributed by atoms with E-state index in [4.69, 9.17) is 0 Å². The van der Waals surface area contributed by atoms with Crippen molar-refractivity contribution in [1.82, 2.24) is 9.97 Å². The van der Waals surface area contributed by atoms with Crippen molar-refractivity contribution < 1.29 is 26.3 Å². The number of rotatable bonds is 3. The molecule has 2 aromatic rings. The fraction of sp³-hybridized carbons (Fsp3) is 0.417. The van der Waals surface area contributed by atoms with E-state index in [9.17, 15) is 26.3 Å². The van der Waals surface area contributed by atoms with E-state index in [1.807, 2.05) is 0 Å². The SMILES string of the molecule is Cc1nc(C(F)(F)F)c([CH]Cc2sc(C)nc2C(F)(F)F)s1. The first-order valence-electron chi connectivity index (χ1n) is 5.90. The minimum absolute atomic E-state index is 0.107. The lowest BCUT2D eigenvalue weighted by atomic mass is 10.2. The van der Waals surface area contributed by atoms with Gasteiger partial charge in [0, 0.05) is 16.2 Å². The van der Waals surface area contributed by atoms with Crippen LogP contribution in [0.2, 0.25) is 0 Å².